The second-order valence-corrected chi connectivity index (χ2v) is 4.37. The highest BCUT2D eigenvalue weighted by Gasteiger charge is 2.29. The number of hydrogen-bond acceptors (Lipinski definition) is 2. The fourth-order valence-corrected chi connectivity index (χ4v) is 2.39. The fourth-order valence-electron chi connectivity index (χ4n) is 2.39. The van der Waals surface area contributed by atoms with Crippen LogP contribution in [0.3, 0.4) is 0 Å². The molecule has 1 aliphatic rings. The van der Waals surface area contributed by atoms with Gasteiger partial charge in [0.1, 0.15) is 0 Å². The molecule has 1 aromatic rings. The SMILES string of the molecule is CNCC1CCCN1C(=O)c1cc[nH]c1C. The van der Waals surface area contributed by atoms with Crippen molar-refractivity contribution in [2.45, 2.75) is 25.8 Å². The zero-order chi connectivity index (χ0) is 11.5. The first kappa shape index (κ1) is 11.2. The van der Waals surface area contributed by atoms with Gasteiger partial charge in [-0.3, -0.25) is 4.79 Å². The van der Waals surface area contributed by atoms with E-state index >= 15 is 0 Å². The Morgan fingerprint density at radius 3 is 3.12 bits per heavy atom. The van der Waals surface area contributed by atoms with Gasteiger partial charge in [-0.2, -0.15) is 0 Å². The van der Waals surface area contributed by atoms with Crippen molar-refractivity contribution in [3.63, 3.8) is 0 Å². The molecule has 1 amide bonds. The summed E-state index contributed by atoms with van der Waals surface area (Å²) in [6.07, 6.45) is 4.04. The average Bonchev–Trinajstić information content (AvgIpc) is 2.87. The Kier molecular flexibility index (Phi) is 3.29. The van der Waals surface area contributed by atoms with Crippen LogP contribution in [0.15, 0.2) is 12.3 Å². The maximum Gasteiger partial charge on any atom is 0.255 e. The van der Waals surface area contributed by atoms with Gasteiger partial charge >= 0.3 is 0 Å². The van der Waals surface area contributed by atoms with E-state index in [1.807, 2.05) is 31.1 Å². The first-order chi connectivity index (χ1) is 7.74. The van der Waals surface area contributed by atoms with E-state index in [-0.39, 0.29) is 5.91 Å². The first-order valence-electron chi connectivity index (χ1n) is 5.83. The predicted octanol–water partition coefficient (Wildman–Crippen LogP) is 1.15. The number of aromatic amines is 1. The molecule has 1 fully saturated rings. The van der Waals surface area contributed by atoms with Gasteiger partial charge in [-0.1, -0.05) is 0 Å². The first-order valence-corrected chi connectivity index (χ1v) is 5.83. The van der Waals surface area contributed by atoms with Crippen LogP contribution in [-0.4, -0.2) is 42.0 Å². The van der Waals surface area contributed by atoms with Crippen molar-refractivity contribution in [2.75, 3.05) is 20.1 Å². The molecule has 1 aromatic heterocycles. The standard InChI is InChI=1S/C12H19N3O/c1-9-11(5-6-14-9)12(16)15-7-3-4-10(15)8-13-2/h5-6,10,13-14H,3-4,7-8H2,1-2H3. The molecule has 88 valence electrons. The number of rotatable bonds is 3. The quantitative estimate of drug-likeness (QED) is 0.804. The van der Waals surface area contributed by atoms with Crippen molar-refractivity contribution in [1.29, 1.82) is 0 Å². The Labute approximate surface area is 96.0 Å². The lowest BCUT2D eigenvalue weighted by Gasteiger charge is -2.24. The van der Waals surface area contributed by atoms with Gasteiger partial charge < -0.3 is 15.2 Å². The Balaban J connectivity index is 2.12. The topological polar surface area (TPSA) is 48.1 Å². The normalized spacial score (nSPS) is 20.4. The highest BCUT2D eigenvalue weighted by Crippen LogP contribution is 2.20. The number of likely N-dealkylation sites (N-methyl/N-ethyl adjacent to an activating group) is 1. The van der Waals surface area contributed by atoms with E-state index in [1.165, 1.54) is 0 Å². The molecule has 0 saturated carbocycles. The minimum atomic E-state index is 0.163. The van der Waals surface area contributed by atoms with E-state index in [0.29, 0.717) is 6.04 Å². The van der Waals surface area contributed by atoms with E-state index < -0.39 is 0 Å². The van der Waals surface area contributed by atoms with Gasteiger partial charge in [0, 0.05) is 31.0 Å². The van der Waals surface area contributed by atoms with Crippen LogP contribution in [0.1, 0.15) is 28.9 Å². The second kappa shape index (κ2) is 4.70. The summed E-state index contributed by atoms with van der Waals surface area (Å²) in [4.78, 5) is 17.3. The Hall–Kier alpha value is -1.29. The molecule has 2 heterocycles. The molecular formula is C12H19N3O. The van der Waals surface area contributed by atoms with E-state index in [1.54, 1.807) is 0 Å². The number of hydrogen-bond donors (Lipinski definition) is 2. The molecule has 2 rings (SSSR count). The lowest BCUT2D eigenvalue weighted by atomic mass is 10.2. The van der Waals surface area contributed by atoms with Crippen molar-refractivity contribution in [2.24, 2.45) is 0 Å². The summed E-state index contributed by atoms with van der Waals surface area (Å²) >= 11 is 0. The molecule has 4 heteroatoms. The molecule has 0 spiro atoms. The number of nitrogens with zero attached hydrogens (tertiary/aromatic N) is 1. The lowest BCUT2D eigenvalue weighted by molar-refractivity contribution is 0.0736. The summed E-state index contributed by atoms with van der Waals surface area (Å²) in [7, 11) is 1.93. The molecule has 2 N–H and O–H groups in total. The largest absolute Gasteiger partial charge is 0.365 e. The number of amides is 1. The van der Waals surface area contributed by atoms with E-state index in [9.17, 15) is 4.79 Å². The van der Waals surface area contributed by atoms with E-state index in [0.717, 1.165) is 37.2 Å². The number of aryl methyl sites for hydroxylation is 1. The summed E-state index contributed by atoms with van der Waals surface area (Å²) in [5.41, 5.74) is 1.77. The van der Waals surface area contributed by atoms with E-state index in [4.69, 9.17) is 0 Å². The van der Waals surface area contributed by atoms with E-state index in [2.05, 4.69) is 10.3 Å². The minimum absolute atomic E-state index is 0.163. The third kappa shape index (κ3) is 1.97. The molecule has 0 aliphatic carbocycles. The Morgan fingerprint density at radius 1 is 1.69 bits per heavy atom. The molecule has 1 atom stereocenters. The third-order valence-corrected chi connectivity index (χ3v) is 3.26. The van der Waals surface area contributed by atoms with Crippen LogP contribution in [0.25, 0.3) is 0 Å². The van der Waals surface area contributed by atoms with Gasteiger partial charge in [0.25, 0.3) is 5.91 Å². The Morgan fingerprint density at radius 2 is 2.50 bits per heavy atom. The molecule has 4 nitrogen and oxygen atoms in total. The number of likely N-dealkylation sites (tertiary alicyclic amines) is 1. The van der Waals surface area contributed by atoms with Crippen LogP contribution in [0.5, 0.6) is 0 Å². The summed E-state index contributed by atoms with van der Waals surface area (Å²) in [5.74, 6) is 0.163. The lowest BCUT2D eigenvalue weighted by Crippen LogP contribution is -2.40. The zero-order valence-electron chi connectivity index (χ0n) is 9.92. The van der Waals surface area contributed by atoms with Crippen molar-refractivity contribution >= 4 is 5.91 Å². The van der Waals surface area contributed by atoms with Gasteiger partial charge in [-0.25, -0.2) is 0 Å². The van der Waals surface area contributed by atoms with Gasteiger partial charge in [-0.05, 0) is 32.9 Å². The van der Waals surface area contributed by atoms with Gasteiger partial charge in [-0.15, -0.1) is 0 Å². The molecule has 1 saturated heterocycles. The molecule has 0 bridgehead atoms. The maximum atomic E-state index is 12.3. The van der Waals surface area contributed by atoms with Crippen molar-refractivity contribution in [1.82, 2.24) is 15.2 Å². The van der Waals surface area contributed by atoms with Crippen LogP contribution in [0.2, 0.25) is 0 Å². The summed E-state index contributed by atoms with van der Waals surface area (Å²) in [5, 5.41) is 3.15. The summed E-state index contributed by atoms with van der Waals surface area (Å²) < 4.78 is 0. The minimum Gasteiger partial charge on any atom is -0.365 e. The molecular weight excluding hydrogens is 202 g/mol. The van der Waals surface area contributed by atoms with Crippen LogP contribution >= 0.6 is 0 Å². The van der Waals surface area contributed by atoms with Crippen LogP contribution in [0, 0.1) is 6.92 Å². The summed E-state index contributed by atoms with van der Waals surface area (Å²) in [6.45, 7) is 3.71. The molecule has 0 radical (unpaired) electrons. The van der Waals surface area contributed by atoms with Crippen molar-refractivity contribution in [3.8, 4) is 0 Å². The van der Waals surface area contributed by atoms with Crippen LogP contribution in [0.4, 0.5) is 0 Å². The second-order valence-electron chi connectivity index (χ2n) is 4.37. The highest BCUT2D eigenvalue weighted by molar-refractivity contribution is 5.95. The van der Waals surface area contributed by atoms with Gasteiger partial charge in [0.05, 0.1) is 5.56 Å². The molecule has 16 heavy (non-hydrogen) atoms. The number of carbonyl (C=O) groups excluding carboxylic acids is 1. The average molecular weight is 221 g/mol. The number of nitrogens with one attached hydrogen (secondary N) is 2. The Bertz CT molecular complexity index is 372. The predicted molar refractivity (Wildman–Crippen MR) is 63.5 cm³/mol. The van der Waals surface area contributed by atoms with Crippen LogP contribution in [-0.2, 0) is 0 Å². The highest BCUT2D eigenvalue weighted by atomic mass is 16.2. The smallest absolute Gasteiger partial charge is 0.255 e. The van der Waals surface area contributed by atoms with Crippen LogP contribution < -0.4 is 5.32 Å². The monoisotopic (exact) mass is 221 g/mol. The summed E-state index contributed by atoms with van der Waals surface area (Å²) in [6, 6.07) is 2.22. The van der Waals surface area contributed by atoms with Gasteiger partial charge in [0.2, 0.25) is 0 Å². The van der Waals surface area contributed by atoms with Crippen molar-refractivity contribution < 1.29 is 4.79 Å². The maximum absolute atomic E-state index is 12.3. The zero-order valence-corrected chi connectivity index (χ0v) is 9.92. The molecule has 0 aromatic carbocycles. The third-order valence-electron chi connectivity index (χ3n) is 3.26. The van der Waals surface area contributed by atoms with Gasteiger partial charge in [0.15, 0.2) is 0 Å². The van der Waals surface area contributed by atoms with Crippen molar-refractivity contribution in [3.05, 3.63) is 23.5 Å². The molecule has 1 unspecified atom stereocenters. The molecule has 1 aliphatic heterocycles. The number of H-pyrrole nitrogens is 1. The number of aromatic nitrogens is 1. The fraction of sp³-hybridized carbons (Fsp3) is 0.583. The number of carbonyl (C=O) groups is 1.